The molecule has 0 atom stereocenters. The van der Waals surface area contributed by atoms with Crippen LogP contribution >= 0.6 is 0 Å². The maximum atomic E-state index is 11.6. The van der Waals surface area contributed by atoms with Crippen LogP contribution in [0.5, 0.6) is 23.0 Å². The van der Waals surface area contributed by atoms with E-state index in [-0.39, 0.29) is 23.4 Å². The molecule has 0 amide bonds. The van der Waals surface area contributed by atoms with Crippen LogP contribution in [0.15, 0.2) is 71.8 Å². The second-order valence-electron chi connectivity index (χ2n) is 15.0. The molecular formula is C43H58O4. The summed E-state index contributed by atoms with van der Waals surface area (Å²) >= 11 is 0. The summed E-state index contributed by atoms with van der Waals surface area (Å²) in [6, 6.07) is 15.7. The van der Waals surface area contributed by atoms with E-state index in [1.807, 2.05) is 76.2 Å². The van der Waals surface area contributed by atoms with Gasteiger partial charge in [-0.2, -0.15) is 0 Å². The van der Waals surface area contributed by atoms with E-state index >= 15 is 0 Å². The second-order valence-corrected chi connectivity index (χ2v) is 15.0. The van der Waals surface area contributed by atoms with Gasteiger partial charge in [0.05, 0.1) is 0 Å². The van der Waals surface area contributed by atoms with Gasteiger partial charge in [0.15, 0.2) is 0 Å². The molecule has 0 fully saturated rings. The highest BCUT2D eigenvalue weighted by molar-refractivity contribution is 5.97. The average molecular weight is 639 g/mol. The first-order valence-corrected chi connectivity index (χ1v) is 17.0. The van der Waals surface area contributed by atoms with Crippen molar-refractivity contribution in [2.24, 2.45) is 5.41 Å². The molecule has 0 bridgehead atoms. The number of fused-ring (bicyclic) bond motifs is 2. The predicted molar refractivity (Wildman–Crippen MR) is 201 cm³/mol. The fraction of sp³-hybridized carbons (Fsp3) is 0.442. The van der Waals surface area contributed by atoms with E-state index in [1.54, 1.807) is 0 Å². The maximum Gasteiger partial charge on any atom is 0.230 e. The Kier molecular flexibility index (Phi) is 11.5. The number of aromatic hydroxyl groups is 2. The van der Waals surface area contributed by atoms with Crippen LogP contribution in [0.1, 0.15) is 112 Å². The van der Waals surface area contributed by atoms with Crippen LogP contribution < -0.4 is 9.47 Å². The monoisotopic (exact) mass is 638 g/mol. The molecule has 0 aliphatic carbocycles. The van der Waals surface area contributed by atoms with Gasteiger partial charge in [-0.05, 0) is 63.0 Å². The number of benzene rings is 4. The van der Waals surface area contributed by atoms with Crippen LogP contribution in [-0.2, 0) is 10.8 Å². The Balaban J connectivity index is 0.00000294. The standard InChI is InChI=1S/C41H52O4.C2H6/c1-25(2)21-22-40(9,10)33-28(5)37(31-19-15-14-18-30(31)36(33)43)44-24-45-38-32-20-16-13-17-29(32)35(42)27(4)34(38)41(11,12)23-26(3)39(6,7)8;1-2/h13-21,23,42-43H,22,24H2,1-12H3;1-2H3/b26-23+;. The first-order valence-electron chi connectivity index (χ1n) is 17.0. The van der Waals surface area contributed by atoms with Crippen molar-refractivity contribution in [3.05, 3.63) is 94.1 Å². The quantitative estimate of drug-likeness (QED) is 0.141. The Morgan fingerprint density at radius 2 is 1.13 bits per heavy atom. The van der Waals surface area contributed by atoms with Gasteiger partial charge in [0.25, 0.3) is 0 Å². The molecule has 4 nitrogen and oxygen atoms in total. The highest BCUT2D eigenvalue weighted by Gasteiger charge is 2.32. The molecule has 4 rings (SSSR count). The van der Waals surface area contributed by atoms with Gasteiger partial charge < -0.3 is 19.7 Å². The first-order chi connectivity index (χ1) is 21.9. The Morgan fingerprint density at radius 1 is 0.660 bits per heavy atom. The van der Waals surface area contributed by atoms with E-state index in [9.17, 15) is 10.2 Å². The molecule has 0 aliphatic heterocycles. The number of phenols is 2. The van der Waals surface area contributed by atoms with Crippen LogP contribution in [0.4, 0.5) is 0 Å². The van der Waals surface area contributed by atoms with Crippen LogP contribution in [-0.4, -0.2) is 17.0 Å². The molecule has 0 aliphatic rings. The van der Waals surface area contributed by atoms with Crippen molar-refractivity contribution in [3.8, 4) is 23.0 Å². The van der Waals surface area contributed by atoms with Crippen LogP contribution in [0, 0.1) is 19.3 Å². The molecule has 254 valence electrons. The molecule has 0 heterocycles. The third-order valence-corrected chi connectivity index (χ3v) is 9.27. The summed E-state index contributed by atoms with van der Waals surface area (Å²) in [5, 5.41) is 26.1. The lowest BCUT2D eigenvalue weighted by atomic mass is 9.75. The van der Waals surface area contributed by atoms with E-state index in [1.165, 1.54) is 11.1 Å². The third kappa shape index (κ3) is 7.80. The molecule has 47 heavy (non-hydrogen) atoms. The number of phenolic OH excluding ortho intramolecular Hbond substituents is 2. The number of ether oxygens (including phenoxy) is 2. The molecule has 0 unspecified atom stereocenters. The normalized spacial score (nSPS) is 12.5. The molecular weight excluding hydrogens is 580 g/mol. The molecule has 0 radical (unpaired) electrons. The van der Waals surface area contributed by atoms with Gasteiger partial charge >= 0.3 is 0 Å². The minimum Gasteiger partial charge on any atom is -0.507 e. The van der Waals surface area contributed by atoms with E-state index in [0.29, 0.717) is 17.2 Å². The molecule has 2 N–H and O–H groups in total. The highest BCUT2D eigenvalue weighted by Crippen LogP contribution is 2.48. The van der Waals surface area contributed by atoms with E-state index < -0.39 is 5.41 Å². The summed E-state index contributed by atoms with van der Waals surface area (Å²) < 4.78 is 13.2. The van der Waals surface area contributed by atoms with Crippen molar-refractivity contribution in [2.75, 3.05) is 6.79 Å². The third-order valence-electron chi connectivity index (χ3n) is 9.27. The molecule has 0 saturated heterocycles. The number of hydrogen-bond donors (Lipinski definition) is 2. The van der Waals surface area contributed by atoms with Gasteiger partial charge in [-0.3, -0.25) is 0 Å². The van der Waals surface area contributed by atoms with Crippen LogP contribution in [0.2, 0.25) is 0 Å². The Bertz CT molecular complexity index is 1790. The van der Waals surface area contributed by atoms with Crippen molar-refractivity contribution in [1.82, 2.24) is 0 Å². The fourth-order valence-corrected chi connectivity index (χ4v) is 6.51. The van der Waals surface area contributed by atoms with E-state index in [0.717, 1.165) is 50.2 Å². The molecule has 0 aromatic heterocycles. The van der Waals surface area contributed by atoms with E-state index in [4.69, 9.17) is 9.47 Å². The lowest BCUT2D eigenvalue weighted by Crippen LogP contribution is -2.22. The summed E-state index contributed by atoms with van der Waals surface area (Å²) in [5.74, 6) is 1.97. The number of allylic oxidation sites excluding steroid dienone is 4. The maximum absolute atomic E-state index is 11.6. The van der Waals surface area contributed by atoms with Crippen molar-refractivity contribution < 1.29 is 19.7 Å². The average Bonchev–Trinajstić information content (AvgIpc) is 3.00. The molecule has 0 spiro atoms. The van der Waals surface area contributed by atoms with Gasteiger partial charge in [0.1, 0.15) is 23.0 Å². The van der Waals surface area contributed by atoms with Crippen molar-refractivity contribution in [2.45, 2.75) is 114 Å². The second kappa shape index (κ2) is 14.5. The minimum absolute atomic E-state index is 0.00273. The summed E-state index contributed by atoms with van der Waals surface area (Å²) in [6.07, 6.45) is 5.29. The Hall–Kier alpha value is -3.92. The smallest absolute Gasteiger partial charge is 0.230 e. The summed E-state index contributed by atoms with van der Waals surface area (Å²) in [5.41, 5.74) is 5.24. The van der Waals surface area contributed by atoms with Crippen LogP contribution in [0.25, 0.3) is 21.5 Å². The first kappa shape index (κ1) is 37.5. The highest BCUT2D eigenvalue weighted by atomic mass is 16.7. The Labute approximate surface area is 284 Å². The zero-order valence-corrected chi connectivity index (χ0v) is 31.4. The van der Waals surface area contributed by atoms with Gasteiger partial charge in [0, 0.05) is 38.1 Å². The topological polar surface area (TPSA) is 58.9 Å². The summed E-state index contributed by atoms with van der Waals surface area (Å²) in [4.78, 5) is 0. The zero-order chi connectivity index (χ0) is 35.5. The van der Waals surface area contributed by atoms with E-state index in [2.05, 4.69) is 81.4 Å². The minimum atomic E-state index is -0.443. The van der Waals surface area contributed by atoms with Gasteiger partial charge in [-0.15, -0.1) is 0 Å². The summed E-state index contributed by atoms with van der Waals surface area (Å²) in [6.45, 7) is 29.6. The lowest BCUT2D eigenvalue weighted by molar-refractivity contribution is 0.120. The SMILES string of the molecule is CC.CC(C)=CCC(C)(C)c1c(C)c(OCOc2c(C(C)(C)/C=C(\C)C(C)(C)C)c(C)c(O)c3ccccc23)c2ccccc2c1O. The largest absolute Gasteiger partial charge is 0.507 e. The molecule has 4 aromatic rings. The lowest BCUT2D eigenvalue weighted by Gasteiger charge is -2.32. The van der Waals surface area contributed by atoms with Crippen molar-refractivity contribution in [3.63, 3.8) is 0 Å². The molecule has 4 heteroatoms. The summed E-state index contributed by atoms with van der Waals surface area (Å²) in [7, 11) is 0. The number of rotatable bonds is 9. The van der Waals surface area contributed by atoms with Gasteiger partial charge in [-0.25, -0.2) is 0 Å². The zero-order valence-electron chi connectivity index (χ0n) is 31.4. The van der Waals surface area contributed by atoms with Crippen molar-refractivity contribution >= 4 is 21.5 Å². The predicted octanol–water partition coefficient (Wildman–Crippen LogP) is 12.4. The Morgan fingerprint density at radius 3 is 1.64 bits per heavy atom. The molecule has 0 saturated carbocycles. The van der Waals surface area contributed by atoms with Crippen molar-refractivity contribution in [1.29, 1.82) is 0 Å². The number of hydrogen-bond acceptors (Lipinski definition) is 4. The molecule has 4 aromatic carbocycles. The van der Waals surface area contributed by atoms with Gasteiger partial charge in [-0.1, -0.05) is 134 Å². The fourth-order valence-electron chi connectivity index (χ4n) is 6.51. The van der Waals surface area contributed by atoms with Gasteiger partial charge in [0.2, 0.25) is 6.79 Å². The van der Waals surface area contributed by atoms with Crippen LogP contribution in [0.3, 0.4) is 0 Å².